The minimum atomic E-state index is -0.0167. The standard InChI is InChI=1S/C17H23N5O/c1-14-11-15(12-18-16(23)13-21-7-5-6-8-21)20-17(19-14)22-9-3-2-4-10-22/h5-8,11H,2-4,9-10,12-13H2,1H3,(H,18,23). The van der Waals surface area contributed by atoms with Crippen molar-refractivity contribution >= 4 is 11.9 Å². The lowest BCUT2D eigenvalue weighted by molar-refractivity contribution is -0.121. The van der Waals surface area contributed by atoms with Crippen LogP contribution in [0.1, 0.15) is 30.7 Å². The van der Waals surface area contributed by atoms with Gasteiger partial charge >= 0.3 is 0 Å². The third-order valence-corrected chi connectivity index (χ3v) is 3.99. The molecule has 6 heteroatoms. The Morgan fingerprint density at radius 3 is 2.65 bits per heavy atom. The van der Waals surface area contributed by atoms with Crippen LogP contribution < -0.4 is 10.2 Å². The lowest BCUT2D eigenvalue weighted by atomic mass is 10.1. The van der Waals surface area contributed by atoms with Crippen LogP contribution in [0.4, 0.5) is 5.95 Å². The molecule has 1 amide bonds. The summed E-state index contributed by atoms with van der Waals surface area (Å²) in [6.07, 6.45) is 7.43. The second-order valence-electron chi connectivity index (χ2n) is 5.98. The number of hydrogen-bond acceptors (Lipinski definition) is 4. The maximum Gasteiger partial charge on any atom is 0.240 e. The normalized spacial score (nSPS) is 14.7. The molecule has 2 aromatic heterocycles. The number of hydrogen-bond donors (Lipinski definition) is 1. The van der Waals surface area contributed by atoms with E-state index in [-0.39, 0.29) is 5.91 Å². The van der Waals surface area contributed by atoms with Gasteiger partial charge in [0.1, 0.15) is 6.54 Å². The third kappa shape index (κ3) is 4.31. The molecule has 1 aliphatic rings. The number of amides is 1. The number of nitrogens with one attached hydrogen (secondary N) is 1. The van der Waals surface area contributed by atoms with E-state index in [4.69, 9.17) is 0 Å². The first-order chi connectivity index (χ1) is 11.2. The zero-order valence-corrected chi connectivity index (χ0v) is 13.5. The first-order valence-electron chi connectivity index (χ1n) is 8.18. The molecule has 0 saturated carbocycles. The minimum absolute atomic E-state index is 0.0167. The molecule has 0 bridgehead atoms. The molecule has 1 fully saturated rings. The molecule has 1 N–H and O–H groups in total. The topological polar surface area (TPSA) is 63.1 Å². The second-order valence-corrected chi connectivity index (χ2v) is 5.98. The maximum atomic E-state index is 12.0. The van der Waals surface area contributed by atoms with Crippen molar-refractivity contribution in [3.63, 3.8) is 0 Å². The summed E-state index contributed by atoms with van der Waals surface area (Å²) in [5, 5.41) is 2.93. The van der Waals surface area contributed by atoms with E-state index in [1.54, 1.807) is 0 Å². The molecule has 2 aromatic rings. The summed E-state index contributed by atoms with van der Waals surface area (Å²) in [5.74, 6) is 0.774. The van der Waals surface area contributed by atoms with Gasteiger partial charge in [0.25, 0.3) is 0 Å². The molecule has 0 radical (unpaired) electrons. The zero-order chi connectivity index (χ0) is 16.1. The molecule has 3 heterocycles. The van der Waals surface area contributed by atoms with Crippen LogP contribution in [0.5, 0.6) is 0 Å². The van der Waals surface area contributed by atoms with Crippen LogP contribution in [-0.2, 0) is 17.9 Å². The molecular weight excluding hydrogens is 290 g/mol. The highest BCUT2D eigenvalue weighted by atomic mass is 16.1. The van der Waals surface area contributed by atoms with E-state index < -0.39 is 0 Å². The summed E-state index contributed by atoms with van der Waals surface area (Å²) in [4.78, 5) is 23.4. The zero-order valence-electron chi connectivity index (χ0n) is 13.5. The summed E-state index contributed by atoms with van der Waals surface area (Å²) in [6.45, 7) is 4.77. The van der Waals surface area contributed by atoms with E-state index in [1.807, 2.05) is 42.1 Å². The summed E-state index contributed by atoms with van der Waals surface area (Å²) in [7, 11) is 0. The van der Waals surface area contributed by atoms with Gasteiger partial charge in [-0.2, -0.15) is 0 Å². The van der Waals surface area contributed by atoms with Crippen LogP contribution in [0, 0.1) is 6.92 Å². The molecule has 23 heavy (non-hydrogen) atoms. The number of carbonyl (C=O) groups is 1. The van der Waals surface area contributed by atoms with Crippen molar-refractivity contribution in [1.29, 1.82) is 0 Å². The van der Waals surface area contributed by atoms with Gasteiger partial charge in [-0.25, -0.2) is 9.97 Å². The van der Waals surface area contributed by atoms with E-state index in [0.717, 1.165) is 30.4 Å². The number of carbonyl (C=O) groups excluding carboxylic acids is 1. The molecule has 6 nitrogen and oxygen atoms in total. The predicted octanol–water partition coefficient (Wildman–Crippen LogP) is 1.89. The van der Waals surface area contributed by atoms with Crippen LogP contribution in [0.25, 0.3) is 0 Å². The fraction of sp³-hybridized carbons (Fsp3) is 0.471. The molecule has 0 aromatic carbocycles. The lowest BCUT2D eigenvalue weighted by Gasteiger charge is -2.27. The number of aryl methyl sites for hydroxylation is 1. The van der Waals surface area contributed by atoms with Crippen molar-refractivity contribution in [2.24, 2.45) is 0 Å². The summed E-state index contributed by atoms with van der Waals surface area (Å²) in [6, 6.07) is 5.75. The molecular formula is C17H23N5O. The van der Waals surface area contributed by atoms with E-state index in [2.05, 4.69) is 20.2 Å². The van der Waals surface area contributed by atoms with E-state index in [0.29, 0.717) is 13.1 Å². The van der Waals surface area contributed by atoms with E-state index in [9.17, 15) is 4.79 Å². The number of rotatable bonds is 5. The Morgan fingerprint density at radius 1 is 1.17 bits per heavy atom. The molecule has 0 aliphatic carbocycles. The largest absolute Gasteiger partial charge is 0.349 e. The summed E-state index contributed by atoms with van der Waals surface area (Å²) in [5.41, 5.74) is 1.80. The highest BCUT2D eigenvalue weighted by molar-refractivity contribution is 5.75. The predicted molar refractivity (Wildman–Crippen MR) is 89.1 cm³/mol. The lowest BCUT2D eigenvalue weighted by Crippen LogP contribution is -2.32. The van der Waals surface area contributed by atoms with Gasteiger partial charge in [-0.15, -0.1) is 0 Å². The Bertz CT molecular complexity index is 647. The van der Waals surface area contributed by atoms with E-state index >= 15 is 0 Å². The van der Waals surface area contributed by atoms with Crippen molar-refractivity contribution in [2.75, 3.05) is 18.0 Å². The van der Waals surface area contributed by atoms with Crippen molar-refractivity contribution < 1.29 is 4.79 Å². The summed E-state index contributed by atoms with van der Waals surface area (Å²) < 4.78 is 1.85. The number of nitrogens with zero attached hydrogens (tertiary/aromatic N) is 4. The number of anilines is 1. The molecule has 0 unspecified atom stereocenters. The SMILES string of the molecule is Cc1cc(CNC(=O)Cn2cccc2)nc(N2CCCCC2)n1. The molecule has 1 saturated heterocycles. The fourth-order valence-electron chi connectivity index (χ4n) is 2.83. The Labute approximate surface area is 136 Å². The average Bonchev–Trinajstić information content (AvgIpc) is 3.06. The van der Waals surface area contributed by atoms with Crippen LogP contribution in [0.15, 0.2) is 30.6 Å². The Kier molecular flexibility index (Phi) is 4.90. The second kappa shape index (κ2) is 7.26. The quantitative estimate of drug-likeness (QED) is 0.915. The van der Waals surface area contributed by atoms with Gasteiger partial charge in [-0.1, -0.05) is 0 Å². The van der Waals surface area contributed by atoms with Crippen LogP contribution in [-0.4, -0.2) is 33.5 Å². The summed E-state index contributed by atoms with van der Waals surface area (Å²) >= 11 is 0. The van der Waals surface area contributed by atoms with E-state index in [1.165, 1.54) is 19.3 Å². The van der Waals surface area contributed by atoms with Gasteiger partial charge in [-0.05, 0) is 44.4 Å². The first-order valence-corrected chi connectivity index (χ1v) is 8.18. The van der Waals surface area contributed by atoms with Crippen molar-refractivity contribution in [2.45, 2.75) is 39.3 Å². The first kappa shape index (κ1) is 15.5. The van der Waals surface area contributed by atoms with Gasteiger partial charge in [0.15, 0.2) is 0 Å². The van der Waals surface area contributed by atoms with Crippen LogP contribution in [0.3, 0.4) is 0 Å². The monoisotopic (exact) mass is 313 g/mol. The van der Waals surface area contributed by atoms with Crippen molar-refractivity contribution in [1.82, 2.24) is 19.9 Å². The smallest absolute Gasteiger partial charge is 0.240 e. The Morgan fingerprint density at radius 2 is 1.91 bits per heavy atom. The maximum absolute atomic E-state index is 12.0. The van der Waals surface area contributed by atoms with Crippen molar-refractivity contribution in [3.05, 3.63) is 42.0 Å². The highest BCUT2D eigenvalue weighted by Gasteiger charge is 2.14. The molecule has 0 spiro atoms. The average molecular weight is 313 g/mol. The minimum Gasteiger partial charge on any atom is -0.349 e. The van der Waals surface area contributed by atoms with Gasteiger partial charge < -0.3 is 14.8 Å². The van der Waals surface area contributed by atoms with Gasteiger partial charge in [0.05, 0.1) is 12.2 Å². The number of aromatic nitrogens is 3. The molecule has 1 aliphatic heterocycles. The molecule has 122 valence electrons. The van der Waals surface area contributed by atoms with Gasteiger partial charge in [-0.3, -0.25) is 4.79 Å². The fourth-order valence-corrected chi connectivity index (χ4v) is 2.83. The third-order valence-electron chi connectivity index (χ3n) is 3.99. The Hall–Kier alpha value is -2.37. The highest BCUT2D eigenvalue weighted by Crippen LogP contribution is 2.16. The van der Waals surface area contributed by atoms with Crippen molar-refractivity contribution in [3.8, 4) is 0 Å². The number of piperidine rings is 1. The van der Waals surface area contributed by atoms with Crippen LogP contribution >= 0.6 is 0 Å². The van der Waals surface area contributed by atoms with Crippen LogP contribution in [0.2, 0.25) is 0 Å². The molecule has 3 rings (SSSR count). The van der Waals surface area contributed by atoms with Gasteiger partial charge in [0.2, 0.25) is 11.9 Å². The molecule has 0 atom stereocenters. The Balaban J connectivity index is 1.60. The van der Waals surface area contributed by atoms with Gasteiger partial charge in [0, 0.05) is 31.2 Å².